The van der Waals surface area contributed by atoms with Crippen molar-refractivity contribution in [2.24, 2.45) is 0 Å². The van der Waals surface area contributed by atoms with Crippen LogP contribution >= 0.6 is 12.6 Å². The summed E-state index contributed by atoms with van der Waals surface area (Å²) in [6, 6.07) is 9.68. The molecule has 1 aromatic rings. The molecule has 0 amide bonds. The van der Waals surface area contributed by atoms with Gasteiger partial charge in [-0.3, -0.25) is 0 Å². The van der Waals surface area contributed by atoms with E-state index in [-0.39, 0.29) is 0 Å². The minimum absolute atomic E-state index is 0.467. The van der Waals surface area contributed by atoms with E-state index in [0.29, 0.717) is 6.42 Å². The molecule has 0 aliphatic carbocycles. The summed E-state index contributed by atoms with van der Waals surface area (Å²) in [7, 11) is 0. The fourth-order valence-electron chi connectivity index (χ4n) is 0.758. The van der Waals surface area contributed by atoms with Crippen LogP contribution in [0.1, 0.15) is 5.56 Å². The first kappa shape index (κ1) is 7.17. The van der Waals surface area contributed by atoms with Crippen LogP contribution < -0.4 is 0 Å². The summed E-state index contributed by atoms with van der Waals surface area (Å²) >= 11 is 4.14. The molecule has 0 spiro atoms. The van der Waals surface area contributed by atoms with Gasteiger partial charge in [0, 0.05) is 4.90 Å². The summed E-state index contributed by atoms with van der Waals surface area (Å²) < 4.78 is 0. The van der Waals surface area contributed by atoms with E-state index in [2.05, 4.69) is 18.7 Å². The van der Waals surface area contributed by atoms with Crippen molar-refractivity contribution in [1.82, 2.24) is 0 Å². The summed E-state index contributed by atoms with van der Waals surface area (Å²) in [5, 5.41) is 8.34. The lowest BCUT2D eigenvalue weighted by molar-refractivity contribution is 1.23. The molecule has 1 aromatic carbocycles. The highest BCUT2D eigenvalue weighted by Crippen LogP contribution is 2.08. The number of thiol groups is 1. The van der Waals surface area contributed by atoms with Crippen molar-refractivity contribution < 1.29 is 0 Å². The molecule has 0 bridgehead atoms. The van der Waals surface area contributed by atoms with Crippen molar-refractivity contribution in [2.75, 3.05) is 0 Å². The fourth-order valence-corrected chi connectivity index (χ4v) is 1.01. The number of hydrogen-bond donors (Lipinski definition) is 1. The Labute approximate surface area is 65.7 Å². The lowest BCUT2D eigenvalue weighted by atomic mass is 10.2. The number of hydrogen-bond acceptors (Lipinski definition) is 2. The summed E-state index contributed by atoms with van der Waals surface area (Å²) in [5.41, 5.74) is 1.02. The van der Waals surface area contributed by atoms with Gasteiger partial charge in [0.1, 0.15) is 0 Å². The van der Waals surface area contributed by atoms with Crippen LogP contribution in [0.3, 0.4) is 0 Å². The SMILES string of the molecule is N#CCc1cccc(S)c1. The van der Waals surface area contributed by atoms with E-state index < -0.39 is 0 Å². The van der Waals surface area contributed by atoms with Crippen molar-refractivity contribution in [2.45, 2.75) is 11.3 Å². The Bertz CT molecular complexity index is 262. The molecule has 0 aliphatic rings. The standard InChI is InChI=1S/C8H7NS/c9-5-4-7-2-1-3-8(10)6-7/h1-3,6,10H,4H2. The van der Waals surface area contributed by atoms with Crippen molar-refractivity contribution in [3.8, 4) is 6.07 Å². The Balaban J connectivity index is 2.87. The van der Waals surface area contributed by atoms with Crippen molar-refractivity contribution in [3.63, 3.8) is 0 Å². The van der Waals surface area contributed by atoms with E-state index in [1.165, 1.54) is 0 Å². The Morgan fingerprint density at radius 3 is 2.90 bits per heavy atom. The zero-order valence-corrected chi connectivity index (χ0v) is 6.31. The quantitative estimate of drug-likeness (QED) is 0.607. The molecule has 0 aromatic heterocycles. The molecular formula is C8H7NS. The minimum atomic E-state index is 0.467. The van der Waals surface area contributed by atoms with E-state index in [1.807, 2.05) is 24.3 Å². The van der Waals surface area contributed by atoms with Crippen LogP contribution in [-0.2, 0) is 6.42 Å². The van der Waals surface area contributed by atoms with Crippen LogP contribution in [0.2, 0.25) is 0 Å². The maximum atomic E-state index is 8.34. The molecule has 1 nitrogen and oxygen atoms in total. The fraction of sp³-hybridized carbons (Fsp3) is 0.125. The Kier molecular flexibility index (Phi) is 2.35. The van der Waals surface area contributed by atoms with Crippen LogP contribution in [0, 0.1) is 11.3 Å². The van der Waals surface area contributed by atoms with Crippen molar-refractivity contribution >= 4 is 12.6 Å². The van der Waals surface area contributed by atoms with Gasteiger partial charge in [-0.15, -0.1) is 12.6 Å². The van der Waals surface area contributed by atoms with Gasteiger partial charge in [-0.25, -0.2) is 0 Å². The second-order valence-electron chi connectivity index (χ2n) is 2.00. The minimum Gasteiger partial charge on any atom is -0.198 e. The van der Waals surface area contributed by atoms with Crippen molar-refractivity contribution in [3.05, 3.63) is 29.8 Å². The van der Waals surface area contributed by atoms with Gasteiger partial charge in [-0.1, -0.05) is 12.1 Å². The smallest absolute Gasteiger partial charge is 0.0669 e. The van der Waals surface area contributed by atoms with Gasteiger partial charge < -0.3 is 0 Å². The Morgan fingerprint density at radius 2 is 2.30 bits per heavy atom. The molecule has 50 valence electrons. The second kappa shape index (κ2) is 3.28. The van der Waals surface area contributed by atoms with E-state index >= 15 is 0 Å². The first-order valence-electron chi connectivity index (χ1n) is 2.98. The van der Waals surface area contributed by atoms with Gasteiger partial charge in [0.25, 0.3) is 0 Å². The predicted molar refractivity (Wildman–Crippen MR) is 43.0 cm³/mol. The molecule has 0 N–H and O–H groups in total. The highest BCUT2D eigenvalue weighted by Gasteiger charge is 1.89. The highest BCUT2D eigenvalue weighted by atomic mass is 32.1. The van der Waals surface area contributed by atoms with Gasteiger partial charge >= 0.3 is 0 Å². The number of nitrogens with zero attached hydrogens (tertiary/aromatic N) is 1. The van der Waals surface area contributed by atoms with Gasteiger partial charge in [-0.2, -0.15) is 5.26 Å². The van der Waals surface area contributed by atoms with Crippen LogP contribution in [-0.4, -0.2) is 0 Å². The lowest BCUT2D eigenvalue weighted by Crippen LogP contribution is -1.78. The monoisotopic (exact) mass is 149 g/mol. The molecule has 0 radical (unpaired) electrons. The largest absolute Gasteiger partial charge is 0.198 e. The van der Waals surface area contributed by atoms with Gasteiger partial charge in [0.05, 0.1) is 12.5 Å². The number of benzene rings is 1. The maximum absolute atomic E-state index is 8.34. The molecular weight excluding hydrogens is 142 g/mol. The molecule has 0 atom stereocenters. The van der Waals surface area contributed by atoms with Crippen LogP contribution in [0.5, 0.6) is 0 Å². The number of rotatable bonds is 1. The van der Waals surface area contributed by atoms with E-state index in [0.717, 1.165) is 10.5 Å². The average Bonchev–Trinajstić information content (AvgIpc) is 1.88. The topological polar surface area (TPSA) is 23.8 Å². The maximum Gasteiger partial charge on any atom is 0.0669 e. The van der Waals surface area contributed by atoms with Crippen LogP contribution in [0.4, 0.5) is 0 Å². The first-order chi connectivity index (χ1) is 4.83. The second-order valence-corrected chi connectivity index (χ2v) is 2.52. The summed E-state index contributed by atoms with van der Waals surface area (Å²) in [6.07, 6.45) is 0.467. The molecule has 0 fully saturated rings. The lowest BCUT2D eigenvalue weighted by Gasteiger charge is -1.93. The first-order valence-corrected chi connectivity index (χ1v) is 3.42. The molecule has 2 heteroatoms. The summed E-state index contributed by atoms with van der Waals surface area (Å²) in [6.45, 7) is 0. The molecule has 1 rings (SSSR count). The zero-order valence-electron chi connectivity index (χ0n) is 5.41. The third-order valence-electron chi connectivity index (χ3n) is 1.19. The van der Waals surface area contributed by atoms with Crippen LogP contribution in [0.25, 0.3) is 0 Å². The zero-order chi connectivity index (χ0) is 7.40. The normalized spacial score (nSPS) is 8.80. The molecule has 0 saturated heterocycles. The highest BCUT2D eigenvalue weighted by molar-refractivity contribution is 7.80. The summed E-state index contributed by atoms with van der Waals surface area (Å²) in [5.74, 6) is 0. The Hall–Kier alpha value is -0.940. The number of nitriles is 1. The van der Waals surface area contributed by atoms with Gasteiger partial charge in [0.15, 0.2) is 0 Å². The van der Waals surface area contributed by atoms with Gasteiger partial charge in [0.2, 0.25) is 0 Å². The molecule has 0 aliphatic heterocycles. The molecule has 0 heterocycles. The average molecular weight is 149 g/mol. The third kappa shape index (κ3) is 1.78. The Morgan fingerprint density at radius 1 is 1.50 bits per heavy atom. The van der Waals surface area contributed by atoms with E-state index in [1.54, 1.807) is 0 Å². The molecule has 0 unspecified atom stereocenters. The van der Waals surface area contributed by atoms with Crippen LogP contribution in [0.15, 0.2) is 29.2 Å². The summed E-state index contributed by atoms with van der Waals surface area (Å²) in [4.78, 5) is 0.910. The van der Waals surface area contributed by atoms with Crippen molar-refractivity contribution in [1.29, 1.82) is 5.26 Å². The van der Waals surface area contributed by atoms with Gasteiger partial charge in [-0.05, 0) is 17.7 Å². The molecule has 0 saturated carbocycles. The van der Waals surface area contributed by atoms with E-state index in [4.69, 9.17) is 5.26 Å². The molecule has 10 heavy (non-hydrogen) atoms. The third-order valence-corrected chi connectivity index (χ3v) is 1.47. The van der Waals surface area contributed by atoms with E-state index in [9.17, 15) is 0 Å². The predicted octanol–water partition coefficient (Wildman–Crippen LogP) is 2.04.